The highest BCUT2D eigenvalue weighted by atomic mass is 127. The largest absolute Gasteiger partial charge is 0.495 e. The van der Waals surface area contributed by atoms with Crippen molar-refractivity contribution >= 4 is 51.1 Å². The number of hydrogen-bond acceptors (Lipinski definition) is 3. The number of carbonyl (C=O) groups is 1. The van der Waals surface area contributed by atoms with Crippen molar-refractivity contribution in [2.75, 3.05) is 14.2 Å². The zero-order valence-electron chi connectivity index (χ0n) is 12.8. The molecule has 120 valence electrons. The van der Waals surface area contributed by atoms with Crippen molar-refractivity contribution in [2.24, 2.45) is 0 Å². The number of amides is 1. The number of nitrogens with one attached hydrogen (secondary N) is 1. The molecular weight excluding hydrogens is 506 g/mol. The molecular formula is C16H20I2N2O2. The fraction of sp³-hybridized carbons (Fsp3) is 0.562. The highest BCUT2D eigenvalue weighted by molar-refractivity contribution is 14.1. The lowest BCUT2D eigenvalue weighted by molar-refractivity contribution is -0.130. The summed E-state index contributed by atoms with van der Waals surface area (Å²) in [6.07, 6.45) is 5.29. The molecule has 2 fully saturated rings. The van der Waals surface area contributed by atoms with Gasteiger partial charge in [0.1, 0.15) is 5.75 Å². The summed E-state index contributed by atoms with van der Waals surface area (Å²) >= 11 is 4.59. The van der Waals surface area contributed by atoms with Crippen molar-refractivity contribution in [2.45, 2.75) is 43.8 Å². The summed E-state index contributed by atoms with van der Waals surface area (Å²) in [5.74, 6) is 1.14. The van der Waals surface area contributed by atoms with Crippen LogP contribution >= 0.6 is 45.2 Å². The second-order valence-electron chi connectivity index (χ2n) is 6.13. The third-order valence-electron chi connectivity index (χ3n) is 4.85. The average molecular weight is 526 g/mol. The summed E-state index contributed by atoms with van der Waals surface area (Å²) in [5.41, 5.74) is 1.10. The van der Waals surface area contributed by atoms with E-state index in [1.54, 1.807) is 7.11 Å². The van der Waals surface area contributed by atoms with Crippen LogP contribution < -0.4 is 10.1 Å². The molecule has 0 aromatic heterocycles. The van der Waals surface area contributed by atoms with Crippen LogP contribution in [-0.4, -0.2) is 36.7 Å². The molecule has 1 aromatic rings. The molecule has 1 saturated carbocycles. The van der Waals surface area contributed by atoms with E-state index in [4.69, 9.17) is 4.74 Å². The van der Waals surface area contributed by atoms with Gasteiger partial charge in [-0.2, -0.15) is 0 Å². The van der Waals surface area contributed by atoms with E-state index in [1.807, 2.05) is 11.9 Å². The highest BCUT2D eigenvalue weighted by Crippen LogP contribution is 2.37. The SMILES string of the molecule is COc1c(I)cc(C[C@@H]2NC3(CCCC3)N(C)C2=O)cc1I. The van der Waals surface area contributed by atoms with Crippen molar-refractivity contribution in [3.8, 4) is 5.75 Å². The molecule has 6 heteroatoms. The van der Waals surface area contributed by atoms with Gasteiger partial charge in [-0.3, -0.25) is 10.1 Å². The lowest BCUT2D eigenvalue weighted by Crippen LogP contribution is -2.48. The Hall–Kier alpha value is -0.0900. The van der Waals surface area contributed by atoms with Gasteiger partial charge in [0.15, 0.2) is 0 Å². The standard InChI is InChI=1S/C16H20I2N2O2/c1-20-15(21)13(19-16(20)5-3-4-6-16)9-10-7-11(17)14(22-2)12(18)8-10/h7-8,13,19H,3-6,9H2,1-2H3/t13-/m0/s1. The Morgan fingerprint density at radius 1 is 1.32 bits per heavy atom. The van der Waals surface area contributed by atoms with E-state index in [2.05, 4.69) is 62.6 Å². The summed E-state index contributed by atoms with van der Waals surface area (Å²) < 4.78 is 7.60. The first kappa shape index (κ1) is 16.8. The lowest BCUT2D eigenvalue weighted by Gasteiger charge is -2.31. The van der Waals surface area contributed by atoms with Crippen LogP contribution in [0.5, 0.6) is 5.75 Å². The number of likely N-dealkylation sites (N-methyl/N-ethyl adjacent to an activating group) is 1. The first-order valence-corrected chi connectivity index (χ1v) is 9.70. The van der Waals surface area contributed by atoms with Gasteiger partial charge in [0.05, 0.1) is 26.0 Å². The molecule has 1 N–H and O–H groups in total. The number of ether oxygens (including phenoxy) is 1. The zero-order chi connectivity index (χ0) is 15.9. The third-order valence-corrected chi connectivity index (χ3v) is 6.45. The average Bonchev–Trinajstić information content (AvgIpc) is 3.02. The molecule has 0 radical (unpaired) electrons. The van der Waals surface area contributed by atoms with Crippen LogP contribution in [0.3, 0.4) is 0 Å². The van der Waals surface area contributed by atoms with Crippen LogP contribution in [0.15, 0.2) is 12.1 Å². The number of benzene rings is 1. The summed E-state index contributed by atoms with van der Waals surface area (Å²) in [4.78, 5) is 14.5. The van der Waals surface area contributed by atoms with Gasteiger partial charge in [-0.05, 0) is 95.0 Å². The van der Waals surface area contributed by atoms with Crippen molar-refractivity contribution in [1.82, 2.24) is 10.2 Å². The van der Waals surface area contributed by atoms with Crippen LogP contribution in [0.4, 0.5) is 0 Å². The molecule has 0 bridgehead atoms. The van der Waals surface area contributed by atoms with Crippen molar-refractivity contribution in [1.29, 1.82) is 0 Å². The molecule has 1 atom stereocenters. The van der Waals surface area contributed by atoms with E-state index in [0.29, 0.717) is 0 Å². The third kappa shape index (κ3) is 2.86. The molecule has 1 aliphatic carbocycles. The van der Waals surface area contributed by atoms with Crippen molar-refractivity contribution in [3.05, 3.63) is 24.8 Å². The number of nitrogens with zero attached hydrogens (tertiary/aromatic N) is 1. The minimum Gasteiger partial charge on any atom is -0.495 e. The number of rotatable bonds is 3. The summed E-state index contributed by atoms with van der Waals surface area (Å²) in [6, 6.07) is 4.13. The lowest BCUT2D eigenvalue weighted by atomic mass is 10.1. The van der Waals surface area contributed by atoms with E-state index in [9.17, 15) is 4.79 Å². The van der Waals surface area contributed by atoms with Crippen molar-refractivity contribution in [3.63, 3.8) is 0 Å². The Labute approximate surface area is 158 Å². The fourth-order valence-electron chi connectivity index (χ4n) is 3.67. The minimum absolute atomic E-state index is 0.0888. The topological polar surface area (TPSA) is 41.6 Å². The second-order valence-corrected chi connectivity index (χ2v) is 8.45. The molecule has 1 saturated heterocycles. The van der Waals surface area contributed by atoms with Gasteiger partial charge < -0.3 is 9.64 Å². The minimum atomic E-state index is -0.108. The molecule has 3 rings (SSSR count). The molecule has 0 unspecified atom stereocenters. The maximum absolute atomic E-state index is 12.6. The van der Waals surface area contributed by atoms with Gasteiger partial charge >= 0.3 is 0 Å². The molecule has 2 aliphatic rings. The van der Waals surface area contributed by atoms with Gasteiger partial charge in [0, 0.05) is 7.05 Å². The monoisotopic (exact) mass is 526 g/mol. The second kappa shape index (κ2) is 6.43. The van der Waals surface area contributed by atoms with Crippen LogP contribution in [0.25, 0.3) is 0 Å². The molecule has 1 amide bonds. The predicted octanol–water partition coefficient (Wildman–Crippen LogP) is 3.15. The zero-order valence-corrected chi connectivity index (χ0v) is 17.1. The molecule has 4 nitrogen and oxygen atoms in total. The number of hydrogen-bond donors (Lipinski definition) is 1. The number of methoxy groups -OCH3 is 1. The predicted molar refractivity (Wildman–Crippen MR) is 103 cm³/mol. The van der Waals surface area contributed by atoms with E-state index in [-0.39, 0.29) is 17.6 Å². The highest BCUT2D eigenvalue weighted by Gasteiger charge is 2.49. The van der Waals surface area contributed by atoms with E-state index >= 15 is 0 Å². The Morgan fingerprint density at radius 2 is 1.91 bits per heavy atom. The van der Waals surface area contributed by atoms with Crippen LogP contribution in [0, 0.1) is 7.14 Å². The quantitative estimate of drug-likeness (QED) is 0.616. The number of carbonyl (C=O) groups excluding carboxylic acids is 1. The maximum Gasteiger partial charge on any atom is 0.241 e. The Bertz CT molecular complexity index is 577. The van der Waals surface area contributed by atoms with Gasteiger partial charge in [-0.15, -0.1) is 0 Å². The Kier molecular flexibility index (Phi) is 4.90. The summed E-state index contributed by atoms with van der Waals surface area (Å²) in [7, 11) is 3.64. The normalized spacial score (nSPS) is 23.5. The summed E-state index contributed by atoms with van der Waals surface area (Å²) in [6.45, 7) is 0. The van der Waals surface area contributed by atoms with Crippen molar-refractivity contribution < 1.29 is 9.53 Å². The molecule has 1 aromatic carbocycles. The van der Waals surface area contributed by atoms with Gasteiger partial charge in [0.2, 0.25) is 5.91 Å². The molecule has 1 heterocycles. The van der Waals surface area contributed by atoms with E-state index in [1.165, 1.54) is 18.4 Å². The van der Waals surface area contributed by atoms with E-state index < -0.39 is 0 Å². The Morgan fingerprint density at radius 3 is 2.45 bits per heavy atom. The Balaban J connectivity index is 1.80. The maximum atomic E-state index is 12.6. The number of halogens is 2. The van der Waals surface area contributed by atoms with Crippen LogP contribution in [-0.2, 0) is 11.2 Å². The van der Waals surface area contributed by atoms with Gasteiger partial charge in [-0.25, -0.2) is 0 Å². The first-order chi connectivity index (χ1) is 10.5. The molecule has 22 heavy (non-hydrogen) atoms. The van der Waals surface area contributed by atoms with Crippen LogP contribution in [0.2, 0.25) is 0 Å². The summed E-state index contributed by atoms with van der Waals surface area (Å²) in [5, 5.41) is 3.62. The van der Waals surface area contributed by atoms with Gasteiger partial charge in [0.25, 0.3) is 0 Å². The van der Waals surface area contributed by atoms with Gasteiger partial charge in [-0.1, -0.05) is 0 Å². The van der Waals surface area contributed by atoms with E-state index in [0.717, 1.165) is 32.2 Å². The smallest absolute Gasteiger partial charge is 0.241 e. The molecule has 1 aliphatic heterocycles. The molecule has 1 spiro atoms. The fourth-order valence-corrected chi connectivity index (χ4v) is 6.00. The van der Waals surface area contributed by atoms with Crippen LogP contribution in [0.1, 0.15) is 31.2 Å². The first-order valence-electron chi connectivity index (χ1n) is 7.54.